The highest BCUT2D eigenvalue weighted by molar-refractivity contribution is 5.73. The van der Waals surface area contributed by atoms with E-state index in [0.29, 0.717) is 5.69 Å². The van der Waals surface area contributed by atoms with E-state index >= 15 is 0 Å². The highest BCUT2D eigenvalue weighted by Crippen LogP contribution is 2.16. The second-order valence-electron chi connectivity index (χ2n) is 4.18. The van der Waals surface area contributed by atoms with Gasteiger partial charge in [0.2, 0.25) is 0 Å². The van der Waals surface area contributed by atoms with Crippen LogP contribution in [0.4, 0.5) is 14.5 Å². The van der Waals surface area contributed by atoms with Crippen LogP contribution in [-0.4, -0.2) is 43.6 Å². The SMILES string of the molecule is N[C@@H](Cc1ccc(N(CCF)CCF)cc1)C(=O)O. The average Bonchev–Trinajstić information content (AvgIpc) is 2.39. The van der Waals surface area contributed by atoms with Crippen molar-refractivity contribution in [2.75, 3.05) is 31.3 Å². The number of aliphatic carboxylic acids is 1. The first-order chi connectivity index (χ1) is 9.08. The summed E-state index contributed by atoms with van der Waals surface area (Å²) in [5.74, 6) is -1.06. The number of benzene rings is 1. The number of nitrogens with zero attached hydrogens (tertiary/aromatic N) is 1. The minimum Gasteiger partial charge on any atom is -0.480 e. The summed E-state index contributed by atoms with van der Waals surface area (Å²) in [6.07, 6.45) is 0.224. The quantitative estimate of drug-likeness (QED) is 0.750. The first-order valence-electron chi connectivity index (χ1n) is 6.02. The van der Waals surface area contributed by atoms with Crippen molar-refractivity contribution in [2.45, 2.75) is 12.5 Å². The van der Waals surface area contributed by atoms with E-state index in [4.69, 9.17) is 10.8 Å². The number of hydrogen-bond acceptors (Lipinski definition) is 3. The zero-order valence-electron chi connectivity index (χ0n) is 10.6. The van der Waals surface area contributed by atoms with Crippen molar-refractivity contribution in [1.29, 1.82) is 0 Å². The molecule has 0 amide bonds. The first kappa shape index (κ1) is 15.4. The number of anilines is 1. The minimum atomic E-state index is -1.06. The van der Waals surface area contributed by atoms with Crippen LogP contribution in [0, 0.1) is 0 Å². The molecule has 0 aromatic heterocycles. The Morgan fingerprint density at radius 2 is 1.74 bits per heavy atom. The number of alkyl halides is 2. The molecule has 0 aliphatic heterocycles. The molecule has 0 aliphatic rings. The lowest BCUT2D eigenvalue weighted by atomic mass is 10.1. The average molecular weight is 272 g/mol. The molecule has 0 heterocycles. The third-order valence-corrected chi connectivity index (χ3v) is 2.78. The third-order valence-electron chi connectivity index (χ3n) is 2.78. The van der Waals surface area contributed by atoms with E-state index < -0.39 is 25.4 Å². The van der Waals surface area contributed by atoms with Gasteiger partial charge in [-0.15, -0.1) is 0 Å². The number of halogens is 2. The van der Waals surface area contributed by atoms with Gasteiger partial charge in [0.1, 0.15) is 19.4 Å². The molecule has 0 unspecified atom stereocenters. The summed E-state index contributed by atoms with van der Waals surface area (Å²) in [6.45, 7) is -0.826. The Morgan fingerprint density at radius 1 is 1.21 bits per heavy atom. The molecule has 0 saturated carbocycles. The molecule has 0 fully saturated rings. The molecule has 1 rings (SSSR count). The summed E-state index contributed by atoms with van der Waals surface area (Å²) in [4.78, 5) is 12.2. The summed E-state index contributed by atoms with van der Waals surface area (Å²) in [5, 5.41) is 8.71. The number of carboxylic acid groups (broad SMARTS) is 1. The molecule has 0 radical (unpaired) electrons. The van der Waals surface area contributed by atoms with Gasteiger partial charge in [-0.25, -0.2) is 8.78 Å². The Hall–Kier alpha value is -1.69. The van der Waals surface area contributed by atoms with Gasteiger partial charge in [0.25, 0.3) is 0 Å². The fourth-order valence-electron chi connectivity index (χ4n) is 1.76. The van der Waals surface area contributed by atoms with Gasteiger partial charge in [-0.05, 0) is 24.1 Å². The fraction of sp³-hybridized carbons (Fsp3) is 0.462. The maximum Gasteiger partial charge on any atom is 0.320 e. The van der Waals surface area contributed by atoms with Crippen LogP contribution in [0.3, 0.4) is 0 Å². The van der Waals surface area contributed by atoms with Gasteiger partial charge in [-0.1, -0.05) is 12.1 Å². The monoisotopic (exact) mass is 272 g/mol. The van der Waals surface area contributed by atoms with E-state index in [2.05, 4.69) is 0 Å². The summed E-state index contributed by atoms with van der Waals surface area (Å²) in [7, 11) is 0. The highest BCUT2D eigenvalue weighted by Gasteiger charge is 2.12. The summed E-state index contributed by atoms with van der Waals surface area (Å²) in [5.41, 5.74) is 6.92. The molecule has 4 nitrogen and oxygen atoms in total. The van der Waals surface area contributed by atoms with Crippen molar-refractivity contribution in [3.8, 4) is 0 Å². The lowest BCUT2D eigenvalue weighted by Gasteiger charge is -2.22. The fourth-order valence-corrected chi connectivity index (χ4v) is 1.76. The smallest absolute Gasteiger partial charge is 0.320 e. The Morgan fingerprint density at radius 3 is 2.16 bits per heavy atom. The maximum atomic E-state index is 12.3. The zero-order valence-corrected chi connectivity index (χ0v) is 10.6. The van der Waals surface area contributed by atoms with Crippen LogP contribution >= 0.6 is 0 Å². The van der Waals surface area contributed by atoms with Crippen molar-refractivity contribution in [3.63, 3.8) is 0 Å². The molecule has 0 saturated heterocycles. The van der Waals surface area contributed by atoms with Gasteiger partial charge in [-0.2, -0.15) is 0 Å². The Bertz CT molecular complexity index is 392. The Balaban J connectivity index is 2.71. The van der Waals surface area contributed by atoms with Gasteiger partial charge >= 0.3 is 5.97 Å². The molecule has 0 spiro atoms. The van der Waals surface area contributed by atoms with E-state index in [9.17, 15) is 13.6 Å². The van der Waals surface area contributed by atoms with Crippen LogP contribution in [0.5, 0.6) is 0 Å². The summed E-state index contributed by atoms with van der Waals surface area (Å²) in [6, 6.07) is 5.94. The maximum absolute atomic E-state index is 12.3. The number of nitrogens with two attached hydrogens (primary N) is 1. The van der Waals surface area contributed by atoms with E-state index in [1.165, 1.54) is 0 Å². The molecule has 1 aromatic rings. The lowest BCUT2D eigenvalue weighted by Crippen LogP contribution is -2.32. The second kappa shape index (κ2) is 7.68. The molecule has 3 N–H and O–H groups in total. The molecule has 0 aliphatic carbocycles. The molecule has 106 valence electrons. The predicted molar refractivity (Wildman–Crippen MR) is 69.9 cm³/mol. The van der Waals surface area contributed by atoms with Gasteiger partial charge in [0.15, 0.2) is 0 Å². The van der Waals surface area contributed by atoms with Crippen LogP contribution in [0.2, 0.25) is 0 Å². The highest BCUT2D eigenvalue weighted by atomic mass is 19.1. The topological polar surface area (TPSA) is 66.6 Å². The molecule has 0 bridgehead atoms. The van der Waals surface area contributed by atoms with Crippen molar-refractivity contribution < 1.29 is 18.7 Å². The van der Waals surface area contributed by atoms with Crippen molar-refractivity contribution in [1.82, 2.24) is 0 Å². The Kier molecular flexibility index (Phi) is 6.21. The van der Waals surface area contributed by atoms with Gasteiger partial charge < -0.3 is 15.7 Å². The van der Waals surface area contributed by atoms with Crippen LogP contribution in [0.1, 0.15) is 5.56 Å². The summed E-state index contributed by atoms with van der Waals surface area (Å²) < 4.78 is 24.7. The third kappa shape index (κ3) is 4.82. The molecule has 19 heavy (non-hydrogen) atoms. The Labute approximate surface area is 110 Å². The van der Waals surface area contributed by atoms with E-state index in [1.807, 2.05) is 0 Å². The largest absolute Gasteiger partial charge is 0.480 e. The zero-order chi connectivity index (χ0) is 14.3. The normalized spacial score (nSPS) is 12.2. The summed E-state index contributed by atoms with van der Waals surface area (Å²) >= 11 is 0. The molecule has 1 atom stereocenters. The van der Waals surface area contributed by atoms with E-state index in [1.54, 1.807) is 29.2 Å². The van der Waals surface area contributed by atoms with Crippen molar-refractivity contribution in [2.24, 2.45) is 5.73 Å². The minimum absolute atomic E-state index is 0.137. The van der Waals surface area contributed by atoms with Crippen LogP contribution < -0.4 is 10.6 Å². The molecular formula is C13H18F2N2O2. The van der Waals surface area contributed by atoms with Gasteiger partial charge in [0, 0.05) is 18.8 Å². The van der Waals surface area contributed by atoms with E-state index in [0.717, 1.165) is 5.56 Å². The van der Waals surface area contributed by atoms with Crippen molar-refractivity contribution >= 4 is 11.7 Å². The van der Waals surface area contributed by atoms with E-state index in [-0.39, 0.29) is 19.5 Å². The molecule has 1 aromatic carbocycles. The number of carbonyl (C=O) groups is 1. The lowest BCUT2D eigenvalue weighted by molar-refractivity contribution is -0.138. The molecular weight excluding hydrogens is 254 g/mol. The standard InChI is InChI=1S/C13H18F2N2O2/c14-5-7-17(8-6-15)11-3-1-10(2-4-11)9-12(16)13(18)19/h1-4,12H,5-9,16H2,(H,18,19)/t12-/m0/s1. The van der Waals surface area contributed by atoms with Gasteiger partial charge in [0.05, 0.1) is 0 Å². The van der Waals surface area contributed by atoms with Crippen LogP contribution in [-0.2, 0) is 11.2 Å². The first-order valence-corrected chi connectivity index (χ1v) is 6.02. The van der Waals surface area contributed by atoms with Crippen LogP contribution in [0.15, 0.2) is 24.3 Å². The molecule has 6 heteroatoms. The number of carboxylic acids is 1. The predicted octanol–water partition coefficient (Wildman–Crippen LogP) is 1.39. The second-order valence-corrected chi connectivity index (χ2v) is 4.18. The van der Waals surface area contributed by atoms with Crippen molar-refractivity contribution in [3.05, 3.63) is 29.8 Å². The number of rotatable bonds is 8. The van der Waals surface area contributed by atoms with Gasteiger partial charge in [-0.3, -0.25) is 4.79 Å². The van der Waals surface area contributed by atoms with Crippen LogP contribution in [0.25, 0.3) is 0 Å². The number of hydrogen-bond donors (Lipinski definition) is 2.